The number of allylic oxidation sites excluding steroid dienone is 1. The molecule has 176 valence electrons. The van der Waals surface area contributed by atoms with Crippen molar-refractivity contribution < 1.29 is 9.59 Å². The van der Waals surface area contributed by atoms with Crippen molar-refractivity contribution in [2.75, 3.05) is 4.90 Å². The Morgan fingerprint density at radius 2 is 1.41 bits per heavy atom. The van der Waals surface area contributed by atoms with Gasteiger partial charge in [0.15, 0.2) is 11.6 Å². The molecule has 1 aliphatic carbocycles. The summed E-state index contributed by atoms with van der Waals surface area (Å²) in [5.74, 6) is -0.465. The molecule has 0 amide bonds. The minimum atomic E-state index is -0.232. The first-order valence-corrected chi connectivity index (χ1v) is 12.7. The van der Waals surface area contributed by atoms with Crippen molar-refractivity contribution in [1.29, 1.82) is 5.26 Å². The van der Waals surface area contributed by atoms with E-state index in [0.29, 0.717) is 16.7 Å². The van der Waals surface area contributed by atoms with E-state index in [0.717, 1.165) is 32.0 Å². The van der Waals surface area contributed by atoms with E-state index in [9.17, 15) is 14.9 Å². The topological polar surface area (TPSA) is 61.2 Å². The van der Waals surface area contributed by atoms with Crippen LogP contribution >= 0.6 is 11.3 Å². The quantitative estimate of drug-likeness (QED) is 0.187. The Labute approximate surface area is 218 Å². The molecule has 1 aromatic heterocycles. The summed E-state index contributed by atoms with van der Waals surface area (Å²) in [6.45, 7) is 2.10. The number of thiophene rings is 1. The van der Waals surface area contributed by atoms with Crippen molar-refractivity contribution in [2.45, 2.75) is 6.92 Å². The molecule has 6 rings (SSSR count). The molecular formula is C32H20N2O2S. The van der Waals surface area contributed by atoms with Crippen LogP contribution in [0.3, 0.4) is 0 Å². The first-order chi connectivity index (χ1) is 18.0. The van der Waals surface area contributed by atoms with Gasteiger partial charge in [-0.05, 0) is 66.4 Å². The van der Waals surface area contributed by atoms with Crippen LogP contribution in [-0.2, 0) is 0 Å². The van der Waals surface area contributed by atoms with Gasteiger partial charge in [-0.3, -0.25) is 9.59 Å². The van der Waals surface area contributed by atoms with Gasteiger partial charge in [-0.25, -0.2) is 0 Å². The smallest absolute Gasteiger partial charge is 0.197 e. The van der Waals surface area contributed by atoms with E-state index >= 15 is 0 Å². The molecule has 1 aliphatic rings. The van der Waals surface area contributed by atoms with Gasteiger partial charge in [0.25, 0.3) is 0 Å². The van der Waals surface area contributed by atoms with Crippen LogP contribution in [0.1, 0.15) is 36.7 Å². The van der Waals surface area contributed by atoms with E-state index in [1.165, 1.54) is 16.9 Å². The Morgan fingerprint density at radius 3 is 2.08 bits per heavy atom. The van der Waals surface area contributed by atoms with Crippen molar-refractivity contribution in [2.24, 2.45) is 0 Å². The predicted molar refractivity (Wildman–Crippen MR) is 149 cm³/mol. The number of anilines is 3. The van der Waals surface area contributed by atoms with Gasteiger partial charge < -0.3 is 4.90 Å². The lowest BCUT2D eigenvalue weighted by Gasteiger charge is -2.25. The van der Waals surface area contributed by atoms with Crippen LogP contribution in [0.5, 0.6) is 0 Å². The Balaban J connectivity index is 1.48. The number of aryl methyl sites for hydroxylation is 1. The lowest BCUT2D eigenvalue weighted by atomic mass is 10.0. The van der Waals surface area contributed by atoms with Gasteiger partial charge in [0.1, 0.15) is 5.00 Å². The fourth-order valence-electron chi connectivity index (χ4n) is 4.78. The van der Waals surface area contributed by atoms with Gasteiger partial charge in [0.2, 0.25) is 0 Å². The highest BCUT2D eigenvalue weighted by Gasteiger charge is 2.32. The van der Waals surface area contributed by atoms with Crippen molar-refractivity contribution in [3.05, 3.63) is 130 Å². The number of benzene rings is 4. The molecule has 0 saturated carbocycles. The Hall–Kier alpha value is -4.79. The summed E-state index contributed by atoms with van der Waals surface area (Å²) in [4.78, 5) is 28.8. The molecule has 0 spiro atoms. The average molecular weight is 497 g/mol. The normalized spacial score (nSPS) is 12.5. The second kappa shape index (κ2) is 9.02. The highest BCUT2D eigenvalue weighted by Crippen LogP contribution is 2.43. The van der Waals surface area contributed by atoms with E-state index in [1.807, 2.05) is 48.5 Å². The number of carbonyl (C=O) groups is 2. The Kier molecular flexibility index (Phi) is 5.52. The van der Waals surface area contributed by atoms with E-state index < -0.39 is 0 Å². The van der Waals surface area contributed by atoms with Gasteiger partial charge in [0.05, 0.1) is 22.9 Å². The second-order valence-corrected chi connectivity index (χ2v) is 9.97. The van der Waals surface area contributed by atoms with Crippen molar-refractivity contribution in [3.63, 3.8) is 0 Å². The molecule has 0 atom stereocenters. The zero-order valence-corrected chi connectivity index (χ0v) is 20.8. The van der Waals surface area contributed by atoms with Crippen LogP contribution < -0.4 is 4.90 Å². The highest BCUT2D eigenvalue weighted by molar-refractivity contribution is 7.17. The third kappa shape index (κ3) is 3.85. The standard InChI is InChI=1S/C32H20N2O2S/c1-20-10-16-29(25-7-3-2-6-24(20)25)34(22-13-11-21(19-33)12-14-22)30-17-15-23(37-30)18-28-31(35)26-8-4-5-9-27(26)32(28)36/h2-18H,1H3. The molecule has 0 aliphatic heterocycles. The molecule has 0 radical (unpaired) electrons. The minimum absolute atomic E-state index is 0.195. The summed E-state index contributed by atoms with van der Waals surface area (Å²) >= 11 is 1.50. The van der Waals surface area contributed by atoms with Crippen LogP contribution in [0.25, 0.3) is 16.8 Å². The molecule has 5 heteroatoms. The third-order valence-corrected chi connectivity index (χ3v) is 7.66. The summed E-state index contributed by atoms with van der Waals surface area (Å²) in [6, 6.07) is 33.1. The van der Waals surface area contributed by atoms with Crippen molar-refractivity contribution in [1.82, 2.24) is 0 Å². The Morgan fingerprint density at radius 1 is 0.757 bits per heavy atom. The van der Waals surface area contributed by atoms with E-state index in [1.54, 1.807) is 30.3 Å². The van der Waals surface area contributed by atoms with Gasteiger partial charge in [-0.15, -0.1) is 11.3 Å². The number of hydrogen-bond acceptors (Lipinski definition) is 5. The maximum Gasteiger partial charge on any atom is 0.197 e. The van der Waals surface area contributed by atoms with Gasteiger partial charge >= 0.3 is 0 Å². The zero-order chi connectivity index (χ0) is 25.5. The van der Waals surface area contributed by atoms with Crippen molar-refractivity contribution >= 4 is 56.1 Å². The number of hydrogen-bond donors (Lipinski definition) is 0. The molecule has 0 fully saturated rings. The first-order valence-electron chi connectivity index (χ1n) is 11.8. The Bertz CT molecular complexity index is 1750. The first kappa shape index (κ1) is 22.7. The summed E-state index contributed by atoms with van der Waals surface area (Å²) in [5.41, 5.74) is 4.81. The molecule has 0 saturated heterocycles. The van der Waals surface area contributed by atoms with E-state index in [-0.39, 0.29) is 17.1 Å². The number of nitrogens with zero attached hydrogens (tertiary/aromatic N) is 2. The SMILES string of the molecule is Cc1ccc(N(c2ccc(C#N)cc2)c2ccc(C=C3C(=O)c4ccccc4C3=O)s2)c2ccccc12. The fourth-order valence-corrected chi connectivity index (χ4v) is 5.77. The summed E-state index contributed by atoms with van der Waals surface area (Å²) < 4.78 is 0. The molecule has 0 N–H and O–H groups in total. The van der Waals surface area contributed by atoms with Gasteiger partial charge in [0, 0.05) is 27.1 Å². The van der Waals surface area contributed by atoms with Crippen LogP contribution in [0.4, 0.5) is 16.4 Å². The average Bonchev–Trinajstić information content (AvgIpc) is 3.49. The number of Topliss-reactive ketones (excluding diaryl/α,β-unsaturated/α-hetero) is 2. The predicted octanol–water partition coefficient (Wildman–Crippen LogP) is 8.01. The van der Waals surface area contributed by atoms with Crippen LogP contribution in [-0.4, -0.2) is 11.6 Å². The monoisotopic (exact) mass is 496 g/mol. The number of rotatable bonds is 4. The van der Waals surface area contributed by atoms with Gasteiger partial charge in [-0.2, -0.15) is 5.26 Å². The minimum Gasteiger partial charge on any atom is -0.301 e. The molecule has 0 unspecified atom stereocenters. The summed E-state index contributed by atoms with van der Waals surface area (Å²) in [7, 11) is 0. The fraction of sp³-hybridized carbons (Fsp3) is 0.0312. The molecule has 4 aromatic carbocycles. The molecule has 0 bridgehead atoms. The van der Waals surface area contributed by atoms with E-state index in [2.05, 4.69) is 42.2 Å². The van der Waals surface area contributed by atoms with Crippen LogP contribution in [0.15, 0.2) is 103 Å². The lowest BCUT2D eigenvalue weighted by molar-refractivity contribution is 0.0990. The lowest BCUT2D eigenvalue weighted by Crippen LogP contribution is -2.09. The summed E-state index contributed by atoms with van der Waals surface area (Å²) in [5, 5.41) is 12.5. The van der Waals surface area contributed by atoms with Crippen LogP contribution in [0, 0.1) is 18.3 Å². The molecule has 4 nitrogen and oxygen atoms in total. The molecular weight excluding hydrogens is 476 g/mol. The number of fused-ring (bicyclic) bond motifs is 2. The molecule has 37 heavy (non-hydrogen) atoms. The second-order valence-electron chi connectivity index (χ2n) is 8.88. The maximum atomic E-state index is 12.9. The van der Waals surface area contributed by atoms with E-state index in [4.69, 9.17) is 0 Å². The van der Waals surface area contributed by atoms with Crippen LogP contribution in [0.2, 0.25) is 0 Å². The third-order valence-electron chi connectivity index (χ3n) is 6.64. The van der Waals surface area contributed by atoms with Crippen molar-refractivity contribution in [3.8, 4) is 6.07 Å². The number of ketones is 2. The number of nitriles is 1. The highest BCUT2D eigenvalue weighted by atomic mass is 32.1. The zero-order valence-electron chi connectivity index (χ0n) is 19.9. The maximum absolute atomic E-state index is 12.9. The number of carbonyl (C=O) groups excluding carboxylic acids is 2. The molecule has 1 heterocycles. The summed E-state index contributed by atoms with van der Waals surface area (Å²) in [6.07, 6.45) is 1.70. The molecule has 5 aromatic rings. The largest absolute Gasteiger partial charge is 0.301 e. The van der Waals surface area contributed by atoms with Gasteiger partial charge in [-0.1, -0.05) is 54.6 Å².